The topological polar surface area (TPSA) is 37.3 Å². The zero-order valence-corrected chi connectivity index (χ0v) is 7.92. The van der Waals surface area contributed by atoms with Gasteiger partial charge >= 0.3 is 5.97 Å². The van der Waals surface area contributed by atoms with Crippen LogP contribution in [0.3, 0.4) is 0 Å². The van der Waals surface area contributed by atoms with Gasteiger partial charge in [-0.15, -0.1) is 0 Å². The standard InChI is InChI=1S/C8H10O2.C2H6/c1-6-3-2-4-7(5-6)8(9)10;1-2/h4-5H,2-3H2,1H3,(H,9,10);1-2H3. The summed E-state index contributed by atoms with van der Waals surface area (Å²) in [5.74, 6) is -0.820. The Bertz CT molecular complexity index is 212. The van der Waals surface area contributed by atoms with Crippen LogP contribution in [0.1, 0.15) is 33.6 Å². The molecule has 0 aromatic rings. The van der Waals surface area contributed by atoms with Gasteiger partial charge in [-0.05, 0) is 25.8 Å². The first-order chi connectivity index (χ1) is 5.70. The van der Waals surface area contributed by atoms with E-state index in [-0.39, 0.29) is 0 Å². The van der Waals surface area contributed by atoms with Crippen molar-refractivity contribution >= 4 is 5.97 Å². The molecule has 0 aromatic carbocycles. The summed E-state index contributed by atoms with van der Waals surface area (Å²) in [5, 5.41) is 8.54. The second kappa shape index (κ2) is 5.58. The first-order valence-corrected chi connectivity index (χ1v) is 4.31. The molecule has 0 saturated carbocycles. The van der Waals surface area contributed by atoms with Crippen LogP contribution in [-0.4, -0.2) is 11.1 Å². The van der Waals surface area contributed by atoms with Gasteiger partial charge in [-0.3, -0.25) is 0 Å². The average molecular weight is 168 g/mol. The summed E-state index contributed by atoms with van der Waals surface area (Å²) < 4.78 is 0. The SMILES string of the molecule is CC.CC1=CC(C(=O)O)=CCC1. The first kappa shape index (κ1) is 11.0. The van der Waals surface area contributed by atoms with E-state index in [1.165, 1.54) is 0 Å². The zero-order valence-electron chi connectivity index (χ0n) is 7.92. The number of carboxylic acid groups (broad SMARTS) is 1. The van der Waals surface area contributed by atoms with E-state index in [0.717, 1.165) is 18.4 Å². The summed E-state index contributed by atoms with van der Waals surface area (Å²) in [5.41, 5.74) is 1.59. The van der Waals surface area contributed by atoms with Gasteiger partial charge in [0, 0.05) is 0 Å². The number of hydrogen-bond acceptors (Lipinski definition) is 1. The molecule has 0 radical (unpaired) electrons. The van der Waals surface area contributed by atoms with E-state index in [2.05, 4.69) is 0 Å². The lowest BCUT2D eigenvalue weighted by molar-refractivity contribution is -0.132. The molecule has 1 rings (SSSR count). The summed E-state index contributed by atoms with van der Waals surface area (Å²) in [6.45, 7) is 5.95. The molecular weight excluding hydrogens is 152 g/mol. The number of aliphatic carboxylic acids is 1. The number of hydrogen-bond donors (Lipinski definition) is 1. The monoisotopic (exact) mass is 168 g/mol. The lowest BCUT2D eigenvalue weighted by Gasteiger charge is -2.05. The van der Waals surface area contributed by atoms with Crippen molar-refractivity contribution < 1.29 is 9.90 Å². The maximum Gasteiger partial charge on any atom is 0.335 e. The fourth-order valence-corrected chi connectivity index (χ4v) is 1.00. The fraction of sp³-hybridized carbons (Fsp3) is 0.500. The molecule has 0 fully saturated rings. The Morgan fingerprint density at radius 3 is 2.42 bits per heavy atom. The third-order valence-corrected chi connectivity index (χ3v) is 1.55. The Hall–Kier alpha value is -1.05. The van der Waals surface area contributed by atoms with E-state index < -0.39 is 5.97 Å². The number of carbonyl (C=O) groups is 1. The molecule has 68 valence electrons. The Balaban J connectivity index is 0.000000561. The predicted molar refractivity (Wildman–Crippen MR) is 50.1 cm³/mol. The maximum atomic E-state index is 10.4. The van der Waals surface area contributed by atoms with Crippen LogP contribution in [0.4, 0.5) is 0 Å². The van der Waals surface area contributed by atoms with Crippen LogP contribution < -0.4 is 0 Å². The van der Waals surface area contributed by atoms with Gasteiger partial charge in [-0.25, -0.2) is 4.79 Å². The highest BCUT2D eigenvalue weighted by atomic mass is 16.4. The van der Waals surface area contributed by atoms with Crippen molar-refractivity contribution in [3.8, 4) is 0 Å². The molecule has 0 unspecified atom stereocenters. The minimum absolute atomic E-state index is 0.434. The van der Waals surface area contributed by atoms with Gasteiger partial charge in [0.25, 0.3) is 0 Å². The Labute approximate surface area is 73.6 Å². The fourth-order valence-electron chi connectivity index (χ4n) is 1.00. The molecule has 0 saturated heterocycles. The summed E-state index contributed by atoms with van der Waals surface area (Å²) >= 11 is 0. The molecular formula is C10H16O2. The van der Waals surface area contributed by atoms with Crippen molar-refractivity contribution in [2.45, 2.75) is 33.6 Å². The van der Waals surface area contributed by atoms with Gasteiger partial charge in [0.05, 0.1) is 5.57 Å². The van der Waals surface area contributed by atoms with Crippen molar-refractivity contribution in [2.24, 2.45) is 0 Å². The molecule has 0 aromatic heterocycles. The third kappa shape index (κ3) is 3.37. The van der Waals surface area contributed by atoms with Crippen LogP contribution in [0, 0.1) is 0 Å². The average Bonchev–Trinajstić information content (AvgIpc) is 2.08. The number of rotatable bonds is 1. The van der Waals surface area contributed by atoms with Crippen LogP contribution in [0.25, 0.3) is 0 Å². The molecule has 12 heavy (non-hydrogen) atoms. The maximum absolute atomic E-state index is 10.4. The van der Waals surface area contributed by atoms with Crippen molar-refractivity contribution in [3.05, 3.63) is 23.3 Å². The van der Waals surface area contributed by atoms with E-state index in [9.17, 15) is 4.79 Å². The predicted octanol–water partition coefficient (Wildman–Crippen LogP) is 2.76. The largest absolute Gasteiger partial charge is 0.478 e. The van der Waals surface area contributed by atoms with Gasteiger partial charge in [0.15, 0.2) is 0 Å². The molecule has 1 aliphatic carbocycles. The van der Waals surface area contributed by atoms with E-state index in [1.807, 2.05) is 20.8 Å². The molecule has 0 atom stereocenters. The quantitative estimate of drug-likeness (QED) is 0.653. The second-order valence-corrected chi connectivity index (χ2v) is 2.49. The lowest BCUT2D eigenvalue weighted by Crippen LogP contribution is -2.01. The summed E-state index contributed by atoms with van der Waals surface area (Å²) in [6.07, 6.45) is 5.35. The van der Waals surface area contributed by atoms with Gasteiger partial charge in [0.1, 0.15) is 0 Å². The van der Waals surface area contributed by atoms with E-state index in [1.54, 1.807) is 12.2 Å². The second-order valence-electron chi connectivity index (χ2n) is 2.49. The highest BCUT2D eigenvalue weighted by Crippen LogP contribution is 2.16. The first-order valence-electron chi connectivity index (χ1n) is 4.31. The third-order valence-electron chi connectivity index (χ3n) is 1.55. The molecule has 2 nitrogen and oxygen atoms in total. The smallest absolute Gasteiger partial charge is 0.335 e. The Morgan fingerprint density at radius 2 is 2.08 bits per heavy atom. The molecule has 0 spiro atoms. The zero-order chi connectivity index (χ0) is 9.56. The van der Waals surface area contributed by atoms with Crippen LogP contribution in [0.5, 0.6) is 0 Å². The number of carboxylic acids is 1. The Kier molecular flexibility index (Phi) is 5.09. The summed E-state index contributed by atoms with van der Waals surface area (Å²) in [6, 6.07) is 0. The van der Waals surface area contributed by atoms with Crippen LogP contribution in [0.2, 0.25) is 0 Å². The molecule has 0 amide bonds. The van der Waals surface area contributed by atoms with E-state index in [0.29, 0.717) is 5.57 Å². The molecule has 0 aliphatic heterocycles. The summed E-state index contributed by atoms with van der Waals surface area (Å²) in [4.78, 5) is 10.4. The Morgan fingerprint density at radius 1 is 1.50 bits per heavy atom. The minimum atomic E-state index is -0.820. The molecule has 1 aliphatic rings. The lowest BCUT2D eigenvalue weighted by atomic mass is 10.0. The number of allylic oxidation sites excluding steroid dienone is 2. The van der Waals surface area contributed by atoms with E-state index in [4.69, 9.17) is 5.11 Å². The molecule has 2 heteroatoms. The van der Waals surface area contributed by atoms with E-state index >= 15 is 0 Å². The normalized spacial score (nSPS) is 15.2. The van der Waals surface area contributed by atoms with Gasteiger partial charge < -0.3 is 5.11 Å². The highest BCUT2D eigenvalue weighted by Gasteiger charge is 2.07. The molecule has 0 bridgehead atoms. The van der Waals surface area contributed by atoms with Crippen LogP contribution in [0.15, 0.2) is 23.3 Å². The van der Waals surface area contributed by atoms with Crippen molar-refractivity contribution in [2.75, 3.05) is 0 Å². The van der Waals surface area contributed by atoms with Crippen LogP contribution in [-0.2, 0) is 4.79 Å². The van der Waals surface area contributed by atoms with Crippen LogP contribution >= 0.6 is 0 Å². The molecule has 0 heterocycles. The van der Waals surface area contributed by atoms with Crippen molar-refractivity contribution in [3.63, 3.8) is 0 Å². The summed E-state index contributed by atoms with van der Waals surface area (Å²) in [7, 11) is 0. The van der Waals surface area contributed by atoms with Crippen molar-refractivity contribution in [1.82, 2.24) is 0 Å². The van der Waals surface area contributed by atoms with Gasteiger partial charge in [-0.2, -0.15) is 0 Å². The minimum Gasteiger partial charge on any atom is -0.478 e. The van der Waals surface area contributed by atoms with Gasteiger partial charge in [-0.1, -0.05) is 25.5 Å². The highest BCUT2D eigenvalue weighted by molar-refractivity contribution is 5.90. The molecule has 1 N–H and O–H groups in total. The van der Waals surface area contributed by atoms with Gasteiger partial charge in [0.2, 0.25) is 0 Å². The van der Waals surface area contributed by atoms with Crippen molar-refractivity contribution in [1.29, 1.82) is 0 Å².